The van der Waals surface area contributed by atoms with Crippen LogP contribution in [0.2, 0.25) is 5.02 Å². The smallest absolute Gasteiger partial charge is 0.242 e. The standard InChI is InChI=1S/C24H31ClN2O2S/c1-4-13-26-24(29)22(5-2)27(15-20-11-6-7-12-21(20)25)23(28)17-30-16-19-10-8-9-18(3)14-19/h6-12,14,22H,4-5,13,15-17H2,1-3H3,(H,26,29)/t22-/m1/s1. The van der Waals surface area contributed by atoms with Crippen LogP contribution in [0.3, 0.4) is 0 Å². The molecular formula is C24H31ClN2O2S. The molecule has 2 amide bonds. The van der Waals surface area contributed by atoms with Gasteiger partial charge in [-0.2, -0.15) is 0 Å². The van der Waals surface area contributed by atoms with Gasteiger partial charge in [0.05, 0.1) is 5.75 Å². The van der Waals surface area contributed by atoms with Gasteiger partial charge in [0.25, 0.3) is 0 Å². The number of carbonyl (C=O) groups excluding carboxylic acids is 2. The lowest BCUT2D eigenvalue weighted by molar-refractivity contribution is -0.139. The number of thioether (sulfide) groups is 1. The Morgan fingerprint density at radius 2 is 1.90 bits per heavy atom. The molecule has 0 aliphatic carbocycles. The Morgan fingerprint density at radius 3 is 2.57 bits per heavy atom. The molecule has 0 unspecified atom stereocenters. The summed E-state index contributed by atoms with van der Waals surface area (Å²) in [7, 11) is 0. The van der Waals surface area contributed by atoms with E-state index in [0.29, 0.717) is 30.3 Å². The van der Waals surface area contributed by atoms with Crippen LogP contribution in [0.1, 0.15) is 43.4 Å². The minimum absolute atomic E-state index is 0.0499. The van der Waals surface area contributed by atoms with Crippen LogP contribution in [-0.2, 0) is 21.9 Å². The van der Waals surface area contributed by atoms with Crippen LogP contribution in [0.4, 0.5) is 0 Å². The lowest BCUT2D eigenvalue weighted by Crippen LogP contribution is -2.49. The molecule has 0 saturated carbocycles. The van der Waals surface area contributed by atoms with E-state index in [1.165, 1.54) is 11.1 Å². The van der Waals surface area contributed by atoms with Gasteiger partial charge in [0.1, 0.15) is 6.04 Å². The molecule has 2 aromatic carbocycles. The Bertz CT molecular complexity index is 843. The average Bonchev–Trinajstić information content (AvgIpc) is 2.73. The second-order valence-electron chi connectivity index (χ2n) is 7.31. The monoisotopic (exact) mass is 446 g/mol. The zero-order valence-corrected chi connectivity index (χ0v) is 19.6. The van der Waals surface area contributed by atoms with E-state index in [-0.39, 0.29) is 11.8 Å². The third kappa shape index (κ3) is 7.37. The van der Waals surface area contributed by atoms with Gasteiger partial charge in [-0.15, -0.1) is 11.8 Å². The first-order chi connectivity index (χ1) is 14.5. The Morgan fingerprint density at radius 1 is 1.13 bits per heavy atom. The van der Waals surface area contributed by atoms with Crippen molar-refractivity contribution in [1.82, 2.24) is 10.2 Å². The summed E-state index contributed by atoms with van der Waals surface area (Å²) >= 11 is 7.91. The van der Waals surface area contributed by atoms with Crippen molar-refractivity contribution in [2.24, 2.45) is 0 Å². The number of aryl methyl sites for hydroxylation is 1. The summed E-state index contributed by atoms with van der Waals surface area (Å²) in [6.45, 7) is 6.93. The molecule has 4 nitrogen and oxygen atoms in total. The Labute approximate surface area is 189 Å². The molecule has 30 heavy (non-hydrogen) atoms. The molecule has 0 aliphatic rings. The number of hydrogen-bond donors (Lipinski definition) is 1. The highest BCUT2D eigenvalue weighted by Crippen LogP contribution is 2.21. The van der Waals surface area contributed by atoms with Crippen LogP contribution in [0, 0.1) is 6.92 Å². The average molecular weight is 447 g/mol. The molecule has 162 valence electrons. The van der Waals surface area contributed by atoms with Crippen molar-refractivity contribution in [2.45, 2.75) is 52.0 Å². The maximum absolute atomic E-state index is 13.2. The largest absolute Gasteiger partial charge is 0.354 e. The van der Waals surface area contributed by atoms with Crippen molar-refractivity contribution in [2.75, 3.05) is 12.3 Å². The van der Waals surface area contributed by atoms with Crippen molar-refractivity contribution in [1.29, 1.82) is 0 Å². The van der Waals surface area contributed by atoms with Crippen LogP contribution in [0.15, 0.2) is 48.5 Å². The molecule has 6 heteroatoms. The minimum atomic E-state index is -0.514. The fourth-order valence-corrected chi connectivity index (χ4v) is 4.29. The summed E-state index contributed by atoms with van der Waals surface area (Å²) in [5.74, 6) is 0.914. The van der Waals surface area contributed by atoms with Gasteiger partial charge in [0, 0.05) is 23.9 Å². The lowest BCUT2D eigenvalue weighted by Gasteiger charge is -2.31. The van der Waals surface area contributed by atoms with Crippen LogP contribution in [0.5, 0.6) is 0 Å². The third-order valence-corrected chi connectivity index (χ3v) is 6.17. The van der Waals surface area contributed by atoms with Gasteiger partial charge in [-0.1, -0.05) is 73.5 Å². The summed E-state index contributed by atoms with van der Waals surface area (Å²) in [5, 5.41) is 3.54. The van der Waals surface area contributed by atoms with Gasteiger partial charge >= 0.3 is 0 Å². The number of nitrogens with one attached hydrogen (secondary N) is 1. The number of halogens is 1. The van der Waals surface area contributed by atoms with Crippen LogP contribution in [-0.4, -0.2) is 35.1 Å². The highest BCUT2D eigenvalue weighted by molar-refractivity contribution is 7.99. The van der Waals surface area contributed by atoms with Crippen molar-refractivity contribution < 1.29 is 9.59 Å². The van der Waals surface area contributed by atoms with Crippen LogP contribution < -0.4 is 5.32 Å². The predicted octanol–water partition coefficient (Wildman–Crippen LogP) is 5.22. The number of benzene rings is 2. The zero-order chi connectivity index (χ0) is 21.9. The molecule has 0 heterocycles. The first kappa shape index (κ1) is 24.3. The van der Waals surface area contributed by atoms with E-state index in [4.69, 9.17) is 11.6 Å². The zero-order valence-electron chi connectivity index (χ0n) is 18.0. The molecular weight excluding hydrogens is 416 g/mol. The van der Waals surface area contributed by atoms with Crippen molar-refractivity contribution in [3.8, 4) is 0 Å². The van der Waals surface area contributed by atoms with Gasteiger partial charge in [-0.25, -0.2) is 0 Å². The van der Waals surface area contributed by atoms with E-state index < -0.39 is 6.04 Å². The Hall–Kier alpha value is -1.98. The van der Waals surface area contributed by atoms with Gasteiger partial charge in [0.15, 0.2) is 0 Å². The van der Waals surface area contributed by atoms with Gasteiger partial charge in [-0.3, -0.25) is 9.59 Å². The van der Waals surface area contributed by atoms with E-state index >= 15 is 0 Å². The van der Waals surface area contributed by atoms with Crippen LogP contribution in [0.25, 0.3) is 0 Å². The number of amides is 2. The van der Waals surface area contributed by atoms with Crippen molar-refractivity contribution in [3.63, 3.8) is 0 Å². The van der Waals surface area contributed by atoms with E-state index in [9.17, 15) is 9.59 Å². The number of hydrogen-bond acceptors (Lipinski definition) is 3. The number of nitrogens with zero attached hydrogens (tertiary/aromatic N) is 1. The summed E-state index contributed by atoms with van der Waals surface area (Å²) in [6.07, 6.45) is 1.40. The normalized spacial score (nSPS) is 11.7. The fourth-order valence-electron chi connectivity index (χ4n) is 3.24. The SMILES string of the molecule is CCCNC(=O)[C@@H](CC)N(Cc1ccccc1Cl)C(=O)CSCc1cccc(C)c1. The molecule has 2 aromatic rings. The summed E-state index contributed by atoms with van der Waals surface area (Å²) in [5.41, 5.74) is 3.24. The first-order valence-electron chi connectivity index (χ1n) is 10.4. The Balaban J connectivity index is 2.12. The van der Waals surface area contributed by atoms with Gasteiger partial charge in [0.2, 0.25) is 11.8 Å². The first-order valence-corrected chi connectivity index (χ1v) is 11.9. The van der Waals surface area contributed by atoms with Crippen LogP contribution >= 0.6 is 23.4 Å². The second kappa shape index (κ2) is 12.7. The number of rotatable bonds is 11. The van der Waals surface area contributed by atoms with E-state index in [0.717, 1.165) is 17.7 Å². The van der Waals surface area contributed by atoms with Crippen molar-refractivity contribution >= 4 is 35.2 Å². The van der Waals surface area contributed by atoms with Gasteiger partial charge < -0.3 is 10.2 Å². The van der Waals surface area contributed by atoms with Gasteiger partial charge in [-0.05, 0) is 37.0 Å². The lowest BCUT2D eigenvalue weighted by atomic mass is 10.1. The minimum Gasteiger partial charge on any atom is -0.354 e. The molecule has 0 aliphatic heterocycles. The highest BCUT2D eigenvalue weighted by atomic mass is 35.5. The molecule has 0 bridgehead atoms. The molecule has 0 fully saturated rings. The predicted molar refractivity (Wildman–Crippen MR) is 127 cm³/mol. The van der Waals surface area contributed by atoms with E-state index in [1.54, 1.807) is 16.7 Å². The van der Waals surface area contributed by atoms with Crippen molar-refractivity contribution in [3.05, 3.63) is 70.2 Å². The maximum Gasteiger partial charge on any atom is 0.242 e. The highest BCUT2D eigenvalue weighted by Gasteiger charge is 2.28. The topological polar surface area (TPSA) is 49.4 Å². The Kier molecular flexibility index (Phi) is 10.2. The molecule has 0 spiro atoms. The second-order valence-corrected chi connectivity index (χ2v) is 8.70. The number of carbonyl (C=O) groups is 2. The molecule has 0 saturated heterocycles. The molecule has 0 radical (unpaired) electrons. The maximum atomic E-state index is 13.2. The molecule has 1 N–H and O–H groups in total. The fraction of sp³-hybridized carbons (Fsp3) is 0.417. The summed E-state index contributed by atoms with van der Waals surface area (Å²) < 4.78 is 0. The summed E-state index contributed by atoms with van der Waals surface area (Å²) in [6, 6.07) is 15.2. The van der Waals surface area contributed by atoms with E-state index in [1.807, 2.05) is 44.2 Å². The molecule has 2 rings (SSSR count). The molecule has 0 aromatic heterocycles. The van der Waals surface area contributed by atoms with E-state index in [2.05, 4.69) is 30.4 Å². The third-order valence-electron chi connectivity index (χ3n) is 4.81. The summed E-state index contributed by atoms with van der Waals surface area (Å²) in [4.78, 5) is 27.6. The molecule has 1 atom stereocenters. The quantitative estimate of drug-likeness (QED) is 0.515.